The van der Waals surface area contributed by atoms with E-state index in [0.29, 0.717) is 30.3 Å². The van der Waals surface area contributed by atoms with Crippen molar-refractivity contribution in [3.63, 3.8) is 0 Å². The Bertz CT molecular complexity index is 1180. The normalized spacial score (nSPS) is 18.4. The van der Waals surface area contributed by atoms with Crippen LogP contribution >= 0.6 is 22.9 Å². The molecule has 1 aliphatic rings. The van der Waals surface area contributed by atoms with Crippen LogP contribution in [0.4, 0.5) is 0 Å². The van der Waals surface area contributed by atoms with Crippen molar-refractivity contribution in [3.05, 3.63) is 45.9 Å². The van der Waals surface area contributed by atoms with Crippen LogP contribution in [0.5, 0.6) is 0 Å². The number of unbranched alkanes of at least 4 members (excludes halogenated alkanes) is 1. The average molecular weight is 533 g/mol. The molecule has 0 radical (unpaired) electrons. The van der Waals surface area contributed by atoms with Gasteiger partial charge in [-0.25, -0.2) is 14.8 Å². The molecule has 2 aromatic heterocycles. The first-order valence-corrected chi connectivity index (χ1v) is 13.8. The Morgan fingerprint density at radius 2 is 2.17 bits per heavy atom. The molecule has 3 N–H and O–H groups in total. The number of halogens is 1. The van der Waals surface area contributed by atoms with Gasteiger partial charge in [-0.15, -0.1) is 11.3 Å². The monoisotopic (exact) mass is 532 g/mol. The van der Waals surface area contributed by atoms with E-state index in [1.54, 1.807) is 11.6 Å². The molecule has 11 heteroatoms. The van der Waals surface area contributed by atoms with E-state index < -0.39 is 0 Å². The maximum atomic E-state index is 12.8. The largest absolute Gasteiger partial charge is 0.461 e. The number of esters is 1. The highest BCUT2D eigenvalue weighted by atomic mass is 35.5. The lowest BCUT2D eigenvalue weighted by molar-refractivity contribution is 0.0431. The Kier molecular flexibility index (Phi) is 9.30. The summed E-state index contributed by atoms with van der Waals surface area (Å²) in [7, 11) is 0. The molecule has 0 bridgehead atoms. The van der Waals surface area contributed by atoms with E-state index in [1.807, 2.05) is 19.1 Å². The fraction of sp³-hybridized carbons (Fsp3) is 0.520. The number of carbonyl (C=O) groups is 2. The molecule has 4 rings (SSSR count). The maximum Gasteiger partial charge on any atom is 0.339 e. The number of carbonyl (C=O) groups excluding carboxylic acids is 2. The van der Waals surface area contributed by atoms with Crippen molar-refractivity contribution in [2.45, 2.75) is 51.6 Å². The number of aryl methyl sites for hydroxylation is 1. The number of piperidine rings is 1. The number of H-pyrrole nitrogens is 1. The second-order valence-electron chi connectivity index (χ2n) is 8.93. The molecular weight excluding hydrogens is 500 g/mol. The van der Waals surface area contributed by atoms with Gasteiger partial charge in [0.2, 0.25) is 0 Å². The van der Waals surface area contributed by atoms with Crippen molar-refractivity contribution in [2.75, 3.05) is 32.8 Å². The minimum absolute atomic E-state index is 0.0361. The molecule has 1 fully saturated rings. The van der Waals surface area contributed by atoms with E-state index in [4.69, 9.17) is 16.3 Å². The summed E-state index contributed by atoms with van der Waals surface area (Å²) in [6.45, 7) is 7.46. The number of likely N-dealkylation sites (tertiary alicyclic amines) is 1. The molecule has 0 saturated carbocycles. The van der Waals surface area contributed by atoms with E-state index >= 15 is 0 Å². The quantitative estimate of drug-likeness (QED) is 0.255. The van der Waals surface area contributed by atoms with Crippen molar-refractivity contribution in [2.24, 2.45) is 0 Å². The van der Waals surface area contributed by atoms with Crippen molar-refractivity contribution < 1.29 is 14.3 Å². The fourth-order valence-corrected chi connectivity index (χ4v) is 5.48. The number of imidazole rings is 1. The zero-order valence-electron chi connectivity index (χ0n) is 20.7. The summed E-state index contributed by atoms with van der Waals surface area (Å²) in [5.74, 6) is -0.328. The number of nitrogens with one attached hydrogen (secondary N) is 3. The molecule has 1 saturated heterocycles. The van der Waals surface area contributed by atoms with Crippen LogP contribution in [-0.2, 0) is 11.2 Å². The summed E-state index contributed by atoms with van der Waals surface area (Å²) in [5, 5.41) is 7.08. The van der Waals surface area contributed by atoms with Gasteiger partial charge in [-0.1, -0.05) is 37.9 Å². The first-order chi connectivity index (χ1) is 17.5. The third kappa shape index (κ3) is 6.42. The molecule has 3 heterocycles. The van der Waals surface area contributed by atoms with Crippen LogP contribution in [-0.4, -0.2) is 76.6 Å². The SMILES string of the molecule is CCCCN[C@@H]1CN(CCOC(=O)c2cccc3ncsc23)CC[C@H]1NC(=O)c1nc(Cl)c(CC)[nH]1. The molecular formula is C25H33ClN6O3S. The number of benzene rings is 1. The van der Waals surface area contributed by atoms with Gasteiger partial charge in [-0.05, 0) is 37.9 Å². The second kappa shape index (κ2) is 12.6. The zero-order chi connectivity index (χ0) is 25.5. The Morgan fingerprint density at radius 1 is 1.31 bits per heavy atom. The molecule has 9 nitrogen and oxygen atoms in total. The third-order valence-electron chi connectivity index (χ3n) is 6.46. The lowest BCUT2D eigenvalue weighted by Gasteiger charge is -2.39. The molecule has 3 aromatic rings. The van der Waals surface area contributed by atoms with Crippen LogP contribution < -0.4 is 10.6 Å². The summed E-state index contributed by atoms with van der Waals surface area (Å²) < 4.78 is 6.45. The fourth-order valence-electron chi connectivity index (χ4n) is 4.43. The van der Waals surface area contributed by atoms with E-state index in [9.17, 15) is 9.59 Å². The summed E-state index contributed by atoms with van der Waals surface area (Å²) in [5.41, 5.74) is 3.86. The number of ether oxygens (including phenoxy) is 1. The van der Waals surface area contributed by atoms with E-state index in [0.717, 1.165) is 54.8 Å². The van der Waals surface area contributed by atoms with E-state index in [1.165, 1.54) is 11.3 Å². The van der Waals surface area contributed by atoms with Crippen molar-refractivity contribution in [1.82, 2.24) is 30.5 Å². The summed E-state index contributed by atoms with van der Waals surface area (Å²) in [6, 6.07) is 5.53. The number of aromatic amines is 1. The molecule has 1 aromatic carbocycles. The first kappa shape index (κ1) is 26.5. The zero-order valence-corrected chi connectivity index (χ0v) is 22.3. The van der Waals surface area contributed by atoms with Gasteiger partial charge in [0.15, 0.2) is 11.0 Å². The number of rotatable bonds is 11. The highest BCUT2D eigenvalue weighted by molar-refractivity contribution is 7.17. The minimum atomic E-state index is -0.326. The van der Waals surface area contributed by atoms with Gasteiger partial charge < -0.3 is 20.4 Å². The smallest absolute Gasteiger partial charge is 0.339 e. The summed E-state index contributed by atoms with van der Waals surface area (Å²) in [4.78, 5) is 39.2. The van der Waals surface area contributed by atoms with Crippen LogP contribution in [0.3, 0.4) is 0 Å². The Balaban J connectivity index is 1.31. The molecule has 2 atom stereocenters. The topological polar surface area (TPSA) is 112 Å². The molecule has 36 heavy (non-hydrogen) atoms. The first-order valence-electron chi connectivity index (χ1n) is 12.5. The predicted octanol–water partition coefficient (Wildman–Crippen LogP) is 3.65. The standard InChI is InChI=1S/C25H33ClN6O3S/c1-3-5-10-27-20-14-32(11-9-18(20)30-24(33)23-29-17(4-2)22(26)31-23)12-13-35-25(34)16-7-6-8-19-21(16)36-15-28-19/h6-8,15,18,20,27H,3-5,9-14H2,1-2H3,(H,29,31)(H,30,33)/t18-,20-/m1/s1. The number of thiazole rings is 1. The van der Waals surface area contributed by atoms with Gasteiger partial charge in [0.1, 0.15) is 6.61 Å². The Labute approximate surface area is 220 Å². The van der Waals surface area contributed by atoms with E-state index in [-0.39, 0.29) is 29.8 Å². The summed E-state index contributed by atoms with van der Waals surface area (Å²) >= 11 is 7.56. The van der Waals surface area contributed by atoms with Crippen molar-refractivity contribution in [3.8, 4) is 0 Å². The van der Waals surface area contributed by atoms with E-state index in [2.05, 4.69) is 37.4 Å². The third-order valence-corrected chi connectivity index (χ3v) is 7.65. The minimum Gasteiger partial charge on any atom is -0.461 e. The highest BCUT2D eigenvalue weighted by Gasteiger charge is 2.31. The van der Waals surface area contributed by atoms with Crippen LogP contribution in [0, 0.1) is 0 Å². The molecule has 1 amide bonds. The summed E-state index contributed by atoms with van der Waals surface area (Å²) in [6.07, 6.45) is 3.61. The molecule has 194 valence electrons. The van der Waals surface area contributed by atoms with Crippen LogP contribution in [0.1, 0.15) is 59.8 Å². The van der Waals surface area contributed by atoms with Crippen LogP contribution in [0.25, 0.3) is 10.2 Å². The van der Waals surface area contributed by atoms with Gasteiger partial charge >= 0.3 is 5.97 Å². The maximum absolute atomic E-state index is 12.8. The van der Waals surface area contributed by atoms with Gasteiger partial charge in [0.05, 0.1) is 27.0 Å². The predicted molar refractivity (Wildman–Crippen MR) is 142 cm³/mol. The molecule has 1 aliphatic heterocycles. The van der Waals surface area contributed by atoms with Crippen molar-refractivity contribution in [1.29, 1.82) is 0 Å². The molecule has 0 aliphatic carbocycles. The lowest BCUT2D eigenvalue weighted by Crippen LogP contribution is -2.60. The van der Waals surface area contributed by atoms with Gasteiger partial charge in [-0.3, -0.25) is 9.69 Å². The number of nitrogens with zero attached hydrogens (tertiary/aromatic N) is 3. The Hall–Kier alpha value is -2.53. The number of hydrogen-bond donors (Lipinski definition) is 3. The Morgan fingerprint density at radius 3 is 2.94 bits per heavy atom. The number of hydrogen-bond acceptors (Lipinski definition) is 8. The molecule has 0 unspecified atom stereocenters. The average Bonchev–Trinajstić information content (AvgIpc) is 3.51. The van der Waals surface area contributed by atoms with Crippen molar-refractivity contribution >= 4 is 45.0 Å². The van der Waals surface area contributed by atoms with Crippen LogP contribution in [0.15, 0.2) is 23.7 Å². The number of fused-ring (bicyclic) bond motifs is 1. The second-order valence-corrected chi connectivity index (χ2v) is 10.1. The highest BCUT2D eigenvalue weighted by Crippen LogP contribution is 2.23. The lowest BCUT2D eigenvalue weighted by atomic mass is 9.98. The van der Waals surface area contributed by atoms with Crippen LogP contribution in [0.2, 0.25) is 5.15 Å². The number of aromatic nitrogens is 3. The number of amides is 1. The van der Waals surface area contributed by atoms with Gasteiger partial charge in [0, 0.05) is 31.7 Å². The molecule has 0 spiro atoms. The van der Waals surface area contributed by atoms with Gasteiger partial charge in [0.25, 0.3) is 5.91 Å². The van der Waals surface area contributed by atoms with Gasteiger partial charge in [-0.2, -0.15) is 0 Å².